The average Bonchev–Trinajstić information content (AvgIpc) is 2.89. The van der Waals surface area contributed by atoms with Crippen molar-refractivity contribution in [3.8, 4) is 5.75 Å². The Labute approximate surface area is 131 Å². The number of aryl methyl sites for hydroxylation is 1. The van der Waals surface area contributed by atoms with Gasteiger partial charge in [-0.2, -0.15) is 0 Å². The lowest BCUT2D eigenvalue weighted by Gasteiger charge is -2.08. The smallest absolute Gasteiger partial charge is 0.343 e. The van der Waals surface area contributed by atoms with E-state index in [0.29, 0.717) is 5.76 Å². The summed E-state index contributed by atoms with van der Waals surface area (Å²) in [6.45, 7) is 1.11. The van der Waals surface area contributed by atoms with Crippen molar-refractivity contribution >= 4 is 21.8 Å². The van der Waals surface area contributed by atoms with E-state index in [0.717, 1.165) is 25.3 Å². The minimum absolute atomic E-state index is 0.0195. The molecule has 0 fully saturated rings. The molecule has 0 amide bonds. The number of carbonyl (C=O) groups is 1. The first kappa shape index (κ1) is 16.7. The molecule has 23 heavy (non-hydrogen) atoms. The molecule has 0 saturated heterocycles. The van der Waals surface area contributed by atoms with E-state index in [1.807, 2.05) is 0 Å². The van der Waals surface area contributed by atoms with Gasteiger partial charge in [-0.15, -0.1) is 0 Å². The van der Waals surface area contributed by atoms with Gasteiger partial charge in [0.25, 0.3) is 10.0 Å². The van der Waals surface area contributed by atoms with Gasteiger partial charge < -0.3 is 14.0 Å². The van der Waals surface area contributed by atoms with Gasteiger partial charge in [0.15, 0.2) is 24.0 Å². The molecular weight excluding hydrogens is 331 g/mol. The number of rotatable bonds is 6. The molecule has 8 nitrogen and oxygen atoms in total. The molecular formula is C13H13FN2O6S. The monoisotopic (exact) mass is 344 g/mol. The summed E-state index contributed by atoms with van der Waals surface area (Å²) in [7, 11) is -2.87. The largest absolute Gasteiger partial charge is 0.479 e. The first-order chi connectivity index (χ1) is 10.8. The van der Waals surface area contributed by atoms with Crippen molar-refractivity contribution < 1.29 is 31.6 Å². The third-order valence-corrected chi connectivity index (χ3v) is 4.01. The zero-order chi connectivity index (χ0) is 17.0. The molecule has 0 unspecified atom stereocenters. The average molecular weight is 344 g/mol. The molecule has 0 bridgehead atoms. The molecule has 2 rings (SSSR count). The minimum atomic E-state index is -4.03. The van der Waals surface area contributed by atoms with Crippen molar-refractivity contribution in [2.45, 2.75) is 11.8 Å². The van der Waals surface area contributed by atoms with Crippen LogP contribution in [0.2, 0.25) is 0 Å². The molecule has 1 N–H and O–H groups in total. The molecule has 2 aromatic rings. The number of carbonyl (C=O) groups excluding carboxylic acids is 1. The van der Waals surface area contributed by atoms with Gasteiger partial charge in [-0.1, -0.05) is 5.16 Å². The van der Waals surface area contributed by atoms with Crippen LogP contribution in [0.5, 0.6) is 5.75 Å². The second kappa shape index (κ2) is 6.65. The minimum Gasteiger partial charge on any atom is -0.479 e. The van der Waals surface area contributed by atoms with E-state index in [-0.39, 0.29) is 16.5 Å². The van der Waals surface area contributed by atoms with Gasteiger partial charge in [0.2, 0.25) is 0 Å². The summed E-state index contributed by atoms with van der Waals surface area (Å²) in [5.74, 6) is -1.50. The summed E-state index contributed by atoms with van der Waals surface area (Å²) < 4.78 is 54.2. The van der Waals surface area contributed by atoms with Crippen LogP contribution in [-0.2, 0) is 19.6 Å². The fourth-order valence-corrected chi connectivity index (χ4v) is 2.57. The molecule has 0 atom stereocenters. The van der Waals surface area contributed by atoms with E-state index >= 15 is 0 Å². The zero-order valence-corrected chi connectivity index (χ0v) is 13.0. The highest BCUT2D eigenvalue weighted by atomic mass is 32.2. The van der Waals surface area contributed by atoms with Gasteiger partial charge >= 0.3 is 5.97 Å². The standard InChI is InChI=1S/C13H13FN2O6S/c1-8-5-12(15-22-8)16-23(18,19)9-3-4-11(10(14)6-9)21-7-13(17)20-2/h3-6H,7H2,1-2H3,(H,15,16). The molecule has 0 saturated carbocycles. The Morgan fingerprint density at radius 3 is 2.70 bits per heavy atom. The quantitative estimate of drug-likeness (QED) is 0.791. The fourth-order valence-electron chi connectivity index (χ4n) is 1.57. The summed E-state index contributed by atoms with van der Waals surface area (Å²) in [5, 5.41) is 3.49. The van der Waals surface area contributed by atoms with Gasteiger partial charge in [-0.3, -0.25) is 4.72 Å². The van der Waals surface area contributed by atoms with Crippen LogP contribution in [0.25, 0.3) is 0 Å². The Bertz CT molecular complexity index is 818. The molecule has 1 heterocycles. The Hall–Kier alpha value is -2.62. The third kappa shape index (κ3) is 4.19. The Kier molecular flexibility index (Phi) is 4.84. The number of aromatic nitrogens is 1. The van der Waals surface area contributed by atoms with E-state index in [1.54, 1.807) is 6.92 Å². The number of benzene rings is 1. The molecule has 0 aliphatic heterocycles. The lowest BCUT2D eigenvalue weighted by molar-refractivity contribution is -0.142. The van der Waals surface area contributed by atoms with Crippen LogP contribution in [0, 0.1) is 12.7 Å². The van der Waals surface area contributed by atoms with E-state index in [2.05, 4.69) is 14.6 Å². The van der Waals surface area contributed by atoms with Crippen LogP contribution in [0.4, 0.5) is 10.2 Å². The fraction of sp³-hybridized carbons (Fsp3) is 0.231. The van der Waals surface area contributed by atoms with Crippen molar-refractivity contribution in [2.24, 2.45) is 0 Å². The van der Waals surface area contributed by atoms with Crippen molar-refractivity contribution in [2.75, 3.05) is 18.4 Å². The second-order valence-corrected chi connectivity index (χ2v) is 6.07. The number of nitrogens with zero attached hydrogens (tertiary/aromatic N) is 1. The maximum atomic E-state index is 13.9. The van der Waals surface area contributed by atoms with Crippen molar-refractivity contribution in [1.29, 1.82) is 0 Å². The molecule has 0 radical (unpaired) electrons. The topological polar surface area (TPSA) is 108 Å². The Morgan fingerprint density at radius 1 is 1.39 bits per heavy atom. The molecule has 1 aromatic carbocycles. The molecule has 1 aromatic heterocycles. The van der Waals surface area contributed by atoms with Crippen LogP contribution in [-0.4, -0.2) is 33.3 Å². The predicted molar refractivity (Wildman–Crippen MR) is 76.0 cm³/mol. The number of halogens is 1. The maximum Gasteiger partial charge on any atom is 0.343 e. The number of hydrogen-bond acceptors (Lipinski definition) is 7. The number of anilines is 1. The number of hydrogen-bond donors (Lipinski definition) is 1. The van der Waals surface area contributed by atoms with E-state index in [4.69, 9.17) is 9.26 Å². The predicted octanol–water partition coefficient (Wildman–Crippen LogP) is 1.47. The number of nitrogens with one attached hydrogen (secondary N) is 1. The van der Waals surface area contributed by atoms with E-state index < -0.39 is 28.4 Å². The Balaban J connectivity index is 2.16. The van der Waals surface area contributed by atoms with E-state index in [1.165, 1.54) is 6.07 Å². The summed E-state index contributed by atoms with van der Waals surface area (Å²) in [5.41, 5.74) is 0. The highest BCUT2D eigenvalue weighted by Crippen LogP contribution is 2.23. The molecule has 0 spiro atoms. The van der Waals surface area contributed by atoms with Gasteiger partial charge in [0.05, 0.1) is 12.0 Å². The lowest BCUT2D eigenvalue weighted by atomic mass is 10.3. The highest BCUT2D eigenvalue weighted by molar-refractivity contribution is 7.92. The number of methoxy groups -OCH3 is 1. The number of esters is 1. The van der Waals surface area contributed by atoms with E-state index in [9.17, 15) is 17.6 Å². The van der Waals surface area contributed by atoms with Crippen molar-refractivity contribution in [3.63, 3.8) is 0 Å². The third-order valence-electron chi connectivity index (χ3n) is 2.65. The van der Waals surface area contributed by atoms with Crippen LogP contribution >= 0.6 is 0 Å². The molecule has 0 aliphatic carbocycles. The van der Waals surface area contributed by atoms with Gasteiger partial charge in [-0.05, 0) is 25.1 Å². The first-order valence-electron chi connectivity index (χ1n) is 6.27. The first-order valence-corrected chi connectivity index (χ1v) is 7.75. The maximum absolute atomic E-state index is 13.9. The summed E-state index contributed by atoms with van der Waals surface area (Å²) in [6.07, 6.45) is 0. The summed E-state index contributed by atoms with van der Waals surface area (Å²) >= 11 is 0. The summed E-state index contributed by atoms with van der Waals surface area (Å²) in [6, 6.07) is 4.37. The van der Waals surface area contributed by atoms with Gasteiger partial charge in [0, 0.05) is 6.07 Å². The normalized spacial score (nSPS) is 11.1. The van der Waals surface area contributed by atoms with Crippen LogP contribution in [0.1, 0.15) is 5.76 Å². The van der Waals surface area contributed by atoms with Crippen LogP contribution in [0.15, 0.2) is 33.7 Å². The zero-order valence-electron chi connectivity index (χ0n) is 12.2. The number of ether oxygens (including phenoxy) is 2. The number of sulfonamides is 1. The van der Waals surface area contributed by atoms with Crippen molar-refractivity contribution in [1.82, 2.24) is 5.16 Å². The van der Waals surface area contributed by atoms with Crippen molar-refractivity contribution in [3.05, 3.63) is 35.8 Å². The highest BCUT2D eigenvalue weighted by Gasteiger charge is 2.19. The Morgan fingerprint density at radius 2 is 2.13 bits per heavy atom. The van der Waals surface area contributed by atoms with Crippen LogP contribution < -0.4 is 9.46 Å². The molecule has 10 heteroatoms. The lowest BCUT2D eigenvalue weighted by Crippen LogP contribution is -2.15. The SMILES string of the molecule is COC(=O)COc1ccc(S(=O)(=O)Nc2cc(C)on2)cc1F. The van der Waals surface area contributed by atoms with Gasteiger partial charge in [-0.25, -0.2) is 17.6 Å². The van der Waals surface area contributed by atoms with Crippen LogP contribution in [0.3, 0.4) is 0 Å². The summed E-state index contributed by atoms with van der Waals surface area (Å²) in [4.78, 5) is 10.6. The second-order valence-electron chi connectivity index (χ2n) is 4.39. The molecule has 124 valence electrons. The van der Waals surface area contributed by atoms with Gasteiger partial charge in [0.1, 0.15) is 5.76 Å². The molecule has 0 aliphatic rings.